The fourth-order valence-electron chi connectivity index (χ4n) is 4.52. The van der Waals surface area contributed by atoms with E-state index in [2.05, 4.69) is 32.4 Å². The summed E-state index contributed by atoms with van der Waals surface area (Å²) in [5.74, 6) is -0.783. The van der Waals surface area contributed by atoms with Crippen molar-refractivity contribution >= 4 is 23.6 Å². The number of carbonyl (C=O) groups excluding carboxylic acids is 2. The molecule has 8 nitrogen and oxygen atoms in total. The number of H-pyrrole nitrogens is 1. The molecule has 1 saturated heterocycles. The van der Waals surface area contributed by atoms with Crippen LogP contribution >= 0.6 is 0 Å². The maximum atomic E-state index is 13.0. The highest BCUT2D eigenvalue weighted by atomic mass is 16.2. The summed E-state index contributed by atoms with van der Waals surface area (Å²) in [6.07, 6.45) is 4.83. The molecule has 0 bridgehead atoms. The third-order valence-electron chi connectivity index (χ3n) is 6.18. The first kappa shape index (κ1) is 21.1. The molecule has 2 amide bonds. The number of fused-ring (bicyclic) bond motifs is 1. The van der Waals surface area contributed by atoms with E-state index in [0.29, 0.717) is 25.0 Å². The zero-order valence-electron chi connectivity index (χ0n) is 17.8. The van der Waals surface area contributed by atoms with E-state index >= 15 is 0 Å². The zero-order chi connectivity index (χ0) is 21.8. The van der Waals surface area contributed by atoms with Gasteiger partial charge in [0, 0.05) is 25.6 Å². The molecule has 1 aromatic carbocycles. The molecule has 2 atom stereocenters. The zero-order valence-corrected chi connectivity index (χ0v) is 17.8. The number of hydrogen-bond donors (Lipinski definition) is 3. The van der Waals surface area contributed by atoms with Crippen LogP contribution in [-0.4, -0.2) is 40.9 Å². The number of rotatable bonds is 6. The van der Waals surface area contributed by atoms with E-state index in [9.17, 15) is 14.4 Å². The van der Waals surface area contributed by atoms with Crippen LogP contribution in [0.25, 0.3) is 0 Å². The number of nitrogens with zero attached hydrogens (tertiary/aromatic N) is 2. The Balaban J connectivity index is 1.53. The Hall–Kier alpha value is -3.16. The molecule has 2 aromatic rings. The lowest BCUT2D eigenvalue weighted by Crippen LogP contribution is -2.43. The predicted molar refractivity (Wildman–Crippen MR) is 119 cm³/mol. The molecule has 164 valence electrons. The van der Waals surface area contributed by atoms with E-state index in [0.717, 1.165) is 37.8 Å². The summed E-state index contributed by atoms with van der Waals surface area (Å²) in [5.41, 5.74) is 0.995. The number of aromatic amines is 1. The van der Waals surface area contributed by atoms with Gasteiger partial charge in [0.1, 0.15) is 5.82 Å². The predicted octanol–water partition coefficient (Wildman–Crippen LogP) is 2.32. The van der Waals surface area contributed by atoms with Gasteiger partial charge in [-0.3, -0.25) is 19.4 Å². The smallest absolute Gasteiger partial charge is 0.258 e. The first-order valence-corrected chi connectivity index (χ1v) is 11.1. The molecule has 2 aliphatic heterocycles. The minimum atomic E-state index is -0.840. The number of hydrogen-bond acceptors (Lipinski definition) is 5. The Morgan fingerprint density at radius 2 is 2.03 bits per heavy atom. The van der Waals surface area contributed by atoms with E-state index in [1.54, 1.807) is 0 Å². The van der Waals surface area contributed by atoms with Crippen molar-refractivity contribution < 1.29 is 9.59 Å². The van der Waals surface area contributed by atoms with Crippen LogP contribution in [0.15, 0.2) is 35.1 Å². The van der Waals surface area contributed by atoms with Crippen LogP contribution in [0.2, 0.25) is 0 Å². The summed E-state index contributed by atoms with van der Waals surface area (Å²) >= 11 is 0. The van der Waals surface area contributed by atoms with Crippen molar-refractivity contribution in [3.8, 4) is 0 Å². The van der Waals surface area contributed by atoms with Crippen molar-refractivity contribution in [3.05, 3.63) is 51.8 Å². The van der Waals surface area contributed by atoms with Crippen molar-refractivity contribution in [1.82, 2.24) is 15.3 Å². The van der Waals surface area contributed by atoms with Gasteiger partial charge >= 0.3 is 0 Å². The van der Waals surface area contributed by atoms with Crippen molar-refractivity contribution in [2.24, 2.45) is 0 Å². The summed E-state index contributed by atoms with van der Waals surface area (Å²) in [5, 5.41) is 5.58. The normalized spacial score (nSPS) is 20.7. The van der Waals surface area contributed by atoms with Crippen molar-refractivity contribution in [3.63, 3.8) is 0 Å². The Morgan fingerprint density at radius 3 is 2.81 bits per heavy atom. The van der Waals surface area contributed by atoms with Crippen LogP contribution in [0.4, 0.5) is 11.8 Å². The largest absolute Gasteiger partial charge is 0.355 e. The Bertz CT molecular complexity index is 1000. The number of amides is 2. The summed E-state index contributed by atoms with van der Waals surface area (Å²) < 4.78 is 0. The number of carbonyl (C=O) groups is 2. The summed E-state index contributed by atoms with van der Waals surface area (Å²) in [4.78, 5) is 47.7. The van der Waals surface area contributed by atoms with Crippen LogP contribution < -0.4 is 21.1 Å². The number of nitrogens with one attached hydrogen (secondary N) is 3. The maximum Gasteiger partial charge on any atom is 0.258 e. The molecular formula is C23H29N5O3. The molecule has 0 unspecified atom stereocenters. The van der Waals surface area contributed by atoms with E-state index in [4.69, 9.17) is 0 Å². The first-order valence-electron chi connectivity index (χ1n) is 11.1. The van der Waals surface area contributed by atoms with E-state index < -0.39 is 5.92 Å². The van der Waals surface area contributed by atoms with Gasteiger partial charge in [-0.2, -0.15) is 4.98 Å². The Morgan fingerprint density at radius 1 is 1.23 bits per heavy atom. The standard InChI is InChI=1S/C23H29N5O3/c1-2-16-10-6-7-13-28(16)23-26-20-19(22(31)27-23)17(14-18(29)25-20)21(30)24-12-11-15-8-4-3-5-9-15/h3-5,8-9,16-17H,2,6-7,10-14H2,1H3,(H,24,30)(H2,25,26,27,29,31)/t16-,17-/m0/s1. The summed E-state index contributed by atoms with van der Waals surface area (Å²) in [6.45, 7) is 3.38. The van der Waals surface area contributed by atoms with Gasteiger partial charge in [0.2, 0.25) is 17.8 Å². The molecule has 0 saturated carbocycles. The summed E-state index contributed by atoms with van der Waals surface area (Å²) in [6, 6.07) is 10.2. The van der Waals surface area contributed by atoms with Gasteiger partial charge in [0.05, 0.1) is 11.5 Å². The minimum absolute atomic E-state index is 0.0599. The molecule has 1 fully saturated rings. The monoisotopic (exact) mass is 423 g/mol. The molecule has 2 aliphatic rings. The van der Waals surface area contributed by atoms with Gasteiger partial charge in [-0.1, -0.05) is 37.3 Å². The fourth-order valence-corrected chi connectivity index (χ4v) is 4.52. The molecule has 1 aromatic heterocycles. The second-order valence-electron chi connectivity index (χ2n) is 8.23. The lowest BCUT2D eigenvalue weighted by atomic mass is 9.92. The highest BCUT2D eigenvalue weighted by molar-refractivity contribution is 6.00. The van der Waals surface area contributed by atoms with Crippen molar-refractivity contribution in [2.45, 2.75) is 57.4 Å². The highest BCUT2D eigenvalue weighted by Gasteiger charge is 2.35. The van der Waals surface area contributed by atoms with Gasteiger partial charge in [-0.25, -0.2) is 0 Å². The minimum Gasteiger partial charge on any atom is -0.355 e. The number of aromatic nitrogens is 2. The average molecular weight is 424 g/mol. The lowest BCUT2D eigenvalue weighted by Gasteiger charge is -2.36. The average Bonchev–Trinajstić information content (AvgIpc) is 2.78. The molecule has 4 rings (SSSR count). The number of anilines is 2. The van der Waals surface area contributed by atoms with Crippen molar-refractivity contribution in [1.29, 1.82) is 0 Å². The number of benzene rings is 1. The second kappa shape index (κ2) is 9.32. The molecule has 0 spiro atoms. The molecule has 0 aliphatic carbocycles. The van der Waals surface area contributed by atoms with Crippen LogP contribution in [0, 0.1) is 0 Å². The van der Waals surface area contributed by atoms with E-state index in [1.807, 2.05) is 30.3 Å². The van der Waals surface area contributed by atoms with Crippen LogP contribution in [0.3, 0.4) is 0 Å². The third kappa shape index (κ3) is 4.62. The summed E-state index contributed by atoms with van der Waals surface area (Å²) in [7, 11) is 0. The molecule has 31 heavy (non-hydrogen) atoms. The van der Waals surface area contributed by atoms with Gasteiger partial charge < -0.3 is 15.5 Å². The SMILES string of the molecule is CC[C@H]1CCCCN1c1nc2c(c(=O)[nH]1)[C@@H](C(=O)NCCc1ccccc1)CC(=O)N2. The van der Waals surface area contributed by atoms with Gasteiger partial charge in [0.25, 0.3) is 5.56 Å². The molecule has 3 heterocycles. The molecular weight excluding hydrogens is 394 g/mol. The molecule has 8 heteroatoms. The van der Waals surface area contributed by atoms with Crippen LogP contribution in [0.1, 0.15) is 56.1 Å². The van der Waals surface area contributed by atoms with Gasteiger partial charge in [-0.15, -0.1) is 0 Å². The Kier molecular flexibility index (Phi) is 6.34. The maximum absolute atomic E-state index is 13.0. The van der Waals surface area contributed by atoms with Crippen LogP contribution in [0.5, 0.6) is 0 Å². The highest BCUT2D eigenvalue weighted by Crippen LogP contribution is 2.31. The Labute approximate surface area is 181 Å². The van der Waals surface area contributed by atoms with Crippen LogP contribution in [-0.2, 0) is 16.0 Å². The van der Waals surface area contributed by atoms with Crippen molar-refractivity contribution in [2.75, 3.05) is 23.3 Å². The lowest BCUT2D eigenvalue weighted by molar-refractivity contribution is -0.126. The second-order valence-corrected chi connectivity index (χ2v) is 8.23. The first-order chi connectivity index (χ1) is 15.1. The fraction of sp³-hybridized carbons (Fsp3) is 0.478. The van der Waals surface area contributed by atoms with Gasteiger partial charge in [0.15, 0.2) is 0 Å². The van der Waals surface area contributed by atoms with E-state index in [-0.39, 0.29) is 35.2 Å². The van der Waals surface area contributed by atoms with Gasteiger partial charge in [-0.05, 0) is 37.7 Å². The number of piperidine rings is 1. The molecule has 0 radical (unpaired) electrons. The molecule has 3 N–H and O–H groups in total. The van der Waals surface area contributed by atoms with E-state index in [1.165, 1.54) is 0 Å². The quantitative estimate of drug-likeness (QED) is 0.661. The third-order valence-corrected chi connectivity index (χ3v) is 6.18. The topological polar surface area (TPSA) is 107 Å².